The standard InChI is InChI=1S/C28H30N2O5/c31-25(30-13-5-6-18-15-28(18,30)26(32)33)24(14-17-11-12-17)29-27(34)35-16-23-21-9-3-1-7-19(21)20-8-2-4-10-22(20)23/h1-4,7-10,17-18,23-24H,5-6,11-16H2,(H,29,34)(H,32,33)/t18-,24+,28+/m1/s1. The summed E-state index contributed by atoms with van der Waals surface area (Å²) in [6.07, 6.45) is 4.11. The minimum Gasteiger partial charge on any atom is -0.479 e. The predicted octanol–water partition coefficient (Wildman–Crippen LogP) is 4.16. The highest BCUT2D eigenvalue weighted by atomic mass is 16.5. The Bertz CT molecular complexity index is 1150. The number of nitrogens with zero attached hydrogens (tertiary/aromatic N) is 1. The van der Waals surface area contributed by atoms with Gasteiger partial charge in [-0.15, -0.1) is 0 Å². The molecular weight excluding hydrogens is 444 g/mol. The van der Waals surface area contributed by atoms with Gasteiger partial charge in [-0.1, -0.05) is 61.4 Å². The van der Waals surface area contributed by atoms with Crippen molar-refractivity contribution >= 4 is 18.0 Å². The molecule has 0 spiro atoms. The number of carbonyl (C=O) groups is 3. The minimum atomic E-state index is -1.08. The van der Waals surface area contributed by atoms with E-state index in [-0.39, 0.29) is 24.3 Å². The fraction of sp³-hybridized carbons (Fsp3) is 0.464. The molecule has 4 aliphatic rings. The van der Waals surface area contributed by atoms with E-state index in [1.807, 2.05) is 24.3 Å². The van der Waals surface area contributed by atoms with Crippen molar-refractivity contribution in [1.82, 2.24) is 10.2 Å². The van der Waals surface area contributed by atoms with Gasteiger partial charge in [-0.3, -0.25) is 4.79 Å². The van der Waals surface area contributed by atoms with Crippen LogP contribution in [0.15, 0.2) is 48.5 Å². The fourth-order valence-corrected chi connectivity index (χ4v) is 6.25. The van der Waals surface area contributed by atoms with Crippen LogP contribution < -0.4 is 5.32 Å². The van der Waals surface area contributed by atoms with E-state index >= 15 is 0 Å². The number of nitrogens with one attached hydrogen (secondary N) is 1. The molecule has 3 aliphatic carbocycles. The summed E-state index contributed by atoms with van der Waals surface area (Å²) in [5, 5.41) is 12.7. The molecule has 1 saturated heterocycles. The molecule has 1 aliphatic heterocycles. The van der Waals surface area contributed by atoms with Gasteiger partial charge in [0.1, 0.15) is 18.2 Å². The third-order valence-corrected chi connectivity index (χ3v) is 8.32. The monoisotopic (exact) mass is 474 g/mol. The summed E-state index contributed by atoms with van der Waals surface area (Å²) in [6, 6.07) is 15.5. The smallest absolute Gasteiger partial charge is 0.407 e. The molecule has 7 heteroatoms. The van der Waals surface area contributed by atoms with Crippen LogP contribution in [0.25, 0.3) is 11.1 Å². The molecule has 1 heterocycles. The lowest BCUT2D eigenvalue weighted by Gasteiger charge is -2.36. The Hall–Kier alpha value is -3.35. The van der Waals surface area contributed by atoms with Crippen LogP contribution in [-0.2, 0) is 14.3 Å². The van der Waals surface area contributed by atoms with Crippen LogP contribution in [-0.4, -0.2) is 52.7 Å². The van der Waals surface area contributed by atoms with Crippen molar-refractivity contribution < 1.29 is 24.2 Å². The number of hydrogen-bond donors (Lipinski definition) is 2. The SMILES string of the molecule is O=C(N[C@@H](CC1CC1)C(=O)N1CCC[C@@H]2C[C@@]21C(=O)O)OCC1c2ccccc2-c2ccccc21. The Labute approximate surface area is 204 Å². The van der Waals surface area contributed by atoms with E-state index in [0.717, 1.165) is 47.9 Å². The quantitative estimate of drug-likeness (QED) is 0.628. The Kier molecular flexibility index (Phi) is 5.31. The van der Waals surface area contributed by atoms with Crippen LogP contribution in [0.5, 0.6) is 0 Å². The van der Waals surface area contributed by atoms with Gasteiger partial charge in [0.25, 0.3) is 0 Å². The zero-order valence-electron chi connectivity index (χ0n) is 19.6. The second-order valence-corrected chi connectivity index (χ2v) is 10.5. The summed E-state index contributed by atoms with van der Waals surface area (Å²) in [5.74, 6) is -0.862. The van der Waals surface area contributed by atoms with E-state index in [2.05, 4.69) is 29.6 Å². The summed E-state index contributed by atoms with van der Waals surface area (Å²) in [4.78, 5) is 40.0. The number of aliphatic carboxylic acids is 1. The topological polar surface area (TPSA) is 95.9 Å². The third kappa shape index (κ3) is 3.77. The lowest BCUT2D eigenvalue weighted by Crippen LogP contribution is -2.57. The molecule has 3 fully saturated rings. The number of rotatable bonds is 7. The zero-order chi connectivity index (χ0) is 24.2. The molecule has 6 rings (SSSR count). The van der Waals surface area contributed by atoms with Crippen molar-refractivity contribution in [1.29, 1.82) is 0 Å². The van der Waals surface area contributed by atoms with Crippen molar-refractivity contribution in [2.24, 2.45) is 11.8 Å². The second kappa shape index (κ2) is 8.40. The molecule has 0 unspecified atom stereocenters. The first kappa shape index (κ1) is 22.1. The number of hydrogen-bond acceptors (Lipinski definition) is 4. The normalized spacial score (nSPS) is 25.1. The molecule has 182 valence electrons. The maximum absolute atomic E-state index is 13.5. The Morgan fingerprint density at radius 2 is 1.69 bits per heavy atom. The largest absolute Gasteiger partial charge is 0.479 e. The molecule has 0 bridgehead atoms. The molecule has 0 aromatic heterocycles. The Morgan fingerprint density at radius 3 is 2.31 bits per heavy atom. The Morgan fingerprint density at radius 1 is 1.03 bits per heavy atom. The second-order valence-electron chi connectivity index (χ2n) is 10.5. The molecule has 0 radical (unpaired) electrons. The van der Waals surface area contributed by atoms with Gasteiger partial charge >= 0.3 is 12.1 Å². The van der Waals surface area contributed by atoms with Crippen molar-refractivity contribution in [2.45, 2.75) is 56.0 Å². The highest BCUT2D eigenvalue weighted by Gasteiger charge is 2.67. The number of carboxylic acids is 1. The summed E-state index contributed by atoms with van der Waals surface area (Å²) < 4.78 is 5.68. The van der Waals surface area contributed by atoms with E-state index in [1.165, 1.54) is 4.90 Å². The van der Waals surface area contributed by atoms with Crippen LogP contribution in [0.2, 0.25) is 0 Å². The van der Waals surface area contributed by atoms with Gasteiger partial charge in [0.05, 0.1) is 0 Å². The van der Waals surface area contributed by atoms with Crippen molar-refractivity contribution in [3.63, 3.8) is 0 Å². The third-order valence-electron chi connectivity index (χ3n) is 8.32. The molecule has 3 atom stereocenters. The van der Waals surface area contributed by atoms with E-state index < -0.39 is 23.6 Å². The molecule has 7 nitrogen and oxygen atoms in total. The molecule has 2 saturated carbocycles. The average Bonchev–Trinajstić information content (AvgIpc) is 3.78. The Balaban J connectivity index is 1.16. The summed E-state index contributed by atoms with van der Waals surface area (Å²) in [7, 11) is 0. The maximum atomic E-state index is 13.5. The van der Waals surface area contributed by atoms with Crippen molar-refractivity contribution in [3.8, 4) is 11.1 Å². The fourth-order valence-electron chi connectivity index (χ4n) is 6.25. The first-order valence-corrected chi connectivity index (χ1v) is 12.7. The van der Waals surface area contributed by atoms with Gasteiger partial charge in [-0.2, -0.15) is 0 Å². The van der Waals surface area contributed by atoms with Crippen molar-refractivity contribution in [3.05, 3.63) is 59.7 Å². The van der Waals surface area contributed by atoms with Crippen LogP contribution >= 0.6 is 0 Å². The summed E-state index contributed by atoms with van der Waals surface area (Å²) in [5.41, 5.74) is 3.48. The van der Waals surface area contributed by atoms with Gasteiger partial charge in [-0.05, 0) is 59.8 Å². The van der Waals surface area contributed by atoms with Gasteiger partial charge in [0.15, 0.2) is 0 Å². The van der Waals surface area contributed by atoms with E-state index in [1.54, 1.807) is 0 Å². The van der Waals surface area contributed by atoms with Crippen LogP contribution in [0.1, 0.15) is 55.6 Å². The summed E-state index contributed by atoms with van der Waals surface area (Å²) in [6.45, 7) is 0.601. The average molecular weight is 475 g/mol. The number of alkyl carbamates (subject to hydrolysis) is 1. The molecule has 2 aromatic rings. The summed E-state index contributed by atoms with van der Waals surface area (Å²) >= 11 is 0. The number of piperidine rings is 1. The number of benzene rings is 2. The van der Waals surface area contributed by atoms with Gasteiger partial charge < -0.3 is 20.1 Å². The highest BCUT2D eigenvalue weighted by molar-refractivity contribution is 5.94. The van der Waals surface area contributed by atoms with Crippen molar-refractivity contribution in [2.75, 3.05) is 13.2 Å². The number of fused-ring (bicyclic) bond motifs is 4. The van der Waals surface area contributed by atoms with Crippen LogP contribution in [0.3, 0.4) is 0 Å². The lowest BCUT2D eigenvalue weighted by atomic mass is 9.98. The minimum absolute atomic E-state index is 0.0220. The van der Waals surface area contributed by atoms with E-state index in [4.69, 9.17) is 4.74 Å². The lowest BCUT2D eigenvalue weighted by molar-refractivity contribution is -0.155. The maximum Gasteiger partial charge on any atom is 0.407 e. The first-order chi connectivity index (χ1) is 17.0. The molecule has 2 amide bonds. The number of amides is 2. The van der Waals surface area contributed by atoms with E-state index in [0.29, 0.717) is 25.3 Å². The molecule has 2 aromatic carbocycles. The molecular formula is C28H30N2O5. The number of carbonyl (C=O) groups excluding carboxylic acids is 2. The highest BCUT2D eigenvalue weighted by Crippen LogP contribution is 2.54. The van der Waals surface area contributed by atoms with Crippen LogP contribution in [0, 0.1) is 11.8 Å². The van der Waals surface area contributed by atoms with Gasteiger partial charge in [0.2, 0.25) is 5.91 Å². The van der Waals surface area contributed by atoms with Crippen LogP contribution in [0.4, 0.5) is 4.79 Å². The number of ether oxygens (including phenoxy) is 1. The number of likely N-dealkylation sites (tertiary alicyclic amines) is 1. The van der Waals surface area contributed by atoms with Gasteiger partial charge in [-0.25, -0.2) is 9.59 Å². The predicted molar refractivity (Wildman–Crippen MR) is 129 cm³/mol. The van der Waals surface area contributed by atoms with E-state index in [9.17, 15) is 19.5 Å². The first-order valence-electron chi connectivity index (χ1n) is 12.7. The zero-order valence-corrected chi connectivity index (χ0v) is 19.6. The molecule has 2 N–H and O–H groups in total. The number of carboxylic acid groups (broad SMARTS) is 1. The molecule has 35 heavy (non-hydrogen) atoms. The van der Waals surface area contributed by atoms with Gasteiger partial charge in [0, 0.05) is 12.5 Å².